The van der Waals surface area contributed by atoms with Crippen LogP contribution in [0.15, 0.2) is 108 Å². The van der Waals surface area contributed by atoms with Gasteiger partial charge in [-0.1, -0.05) is 94.8 Å². The standard InChI is InChI=1S/C32H25BrN2O3/c1-34-25-14-8-6-12-23(25)31(29(34)36)27(20-10-4-3-5-11-20)28(21-16-18-22(33)19-17-21)38-32(31)24-13-7-9-15-26(24)35(2)30(32)37/h3-19,27-28H,1-2H3/t27-,28-,31-,32-/m1/s1. The van der Waals surface area contributed by atoms with E-state index in [0.29, 0.717) is 0 Å². The number of hydrogen-bond donors (Lipinski definition) is 0. The van der Waals surface area contributed by atoms with E-state index in [-0.39, 0.29) is 11.8 Å². The van der Waals surface area contributed by atoms with Crippen LogP contribution in [0.25, 0.3) is 0 Å². The number of rotatable bonds is 2. The number of benzene rings is 4. The summed E-state index contributed by atoms with van der Waals surface area (Å²) >= 11 is 3.55. The van der Waals surface area contributed by atoms with Gasteiger partial charge in [-0.25, -0.2) is 0 Å². The Morgan fingerprint density at radius 1 is 0.658 bits per heavy atom. The quantitative estimate of drug-likeness (QED) is 0.296. The highest BCUT2D eigenvalue weighted by atomic mass is 79.9. The van der Waals surface area contributed by atoms with Gasteiger partial charge in [0.15, 0.2) is 5.60 Å². The fraction of sp³-hybridized carbons (Fsp3) is 0.188. The third kappa shape index (κ3) is 2.69. The van der Waals surface area contributed by atoms with Crippen molar-refractivity contribution in [3.8, 4) is 0 Å². The molecule has 5 nitrogen and oxygen atoms in total. The van der Waals surface area contributed by atoms with Crippen molar-refractivity contribution in [3.63, 3.8) is 0 Å². The van der Waals surface area contributed by atoms with Crippen molar-refractivity contribution in [1.82, 2.24) is 0 Å². The molecule has 4 aromatic carbocycles. The normalized spacial score (nSPS) is 27.4. The second kappa shape index (κ2) is 8.13. The maximum atomic E-state index is 14.9. The lowest BCUT2D eigenvalue weighted by Crippen LogP contribution is -2.58. The van der Waals surface area contributed by atoms with Gasteiger partial charge < -0.3 is 14.5 Å². The Hall–Kier alpha value is -3.74. The van der Waals surface area contributed by atoms with Gasteiger partial charge in [0.25, 0.3) is 5.91 Å². The fourth-order valence-corrected chi connectivity index (χ4v) is 7.31. The zero-order chi connectivity index (χ0) is 26.2. The lowest BCUT2D eigenvalue weighted by atomic mass is 9.57. The molecule has 1 fully saturated rings. The summed E-state index contributed by atoms with van der Waals surface area (Å²) in [6, 6.07) is 33.6. The first-order chi connectivity index (χ1) is 18.4. The van der Waals surface area contributed by atoms with E-state index < -0.39 is 23.0 Å². The molecule has 3 aliphatic heterocycles. The van der Waals surface area contributed by atoms with Crippen LogP contribution in [-0.4, -0.2) is 25.9 Å². The molecule has 1 saturated heterocycles. The zero-order valence-electron chi connectivity index (χ0n) is 21.0. The molecule has 3 aliphatic rings. The van der Waals surface area contributed by atoms with E-state index in [9.17, 15) is 9.59 Å². The molecule has 0 aromatic heterocycles. The Morgan fingerprint density at radius 2 is 1.21 bits per heavy atom. The number of ether oxygens (including phenoxy) is 1. The van der Waals surface area contributed by atoms with E-state index in [2.05, 4.69) is 15.9 Å². The summed E-state index contributed by atoms with van der Waals surface area (Å²) in [4.78, 5) is 32.9. The van der Waals surface area contributed by atoms with Crippen molar-refractivity contribution < 1.29 is 14.3 Å². The van der Waals surface area contributed by atoms with E-state index in [1.165, 1.54) is 0 Å². The topological polar surface area (TPSA) is 49.9 Å². The molecule has 2 spiro atoms. The summed E-state index contributed by atoms with van der Waals surface area (Å²) in [5.41, 5.74) is 2.11. The molecular formula is C32H25BrN2O3. The summed E-state index contributed by atoms with van der Waals surface area (Å²) in [6.45, 7) is 0. The van der Waals surface area contributed by atoms with E-state index in [4.69, 9.17) is 4.74 Å². The van der Waals surface area contributed by atoms with Gasteiger partial charge in [-0.15, -0.1) is 0 Å². The monoisotopic (exact) mass is 564 g/mol. The van der Waals surface area contributed by atoms with Crippen LogP contribution in [0.3, 0.4) is 0 Å². The molecule has 4 aromatic rings. The molecule has 38 heavy (non-hydrogen) atoms. The molecule has 0 N–H and O–H groups in total. The summed E-state index contributed by atoms with van der Waals surface area (Å²) in [5, 5.41) is 0. The average Bonchev–Trinajstić information content (AvgIpc) is 3.48. The minimum Gasteiger partial charge on any atom is -0.350 e. The zero-order valence-corrected chi connectivity index (χ0v) is 22.6. The van der Waals surface area contributed by atoms with Gasteiger partial charge in [0.2, 0.25) is 5.91 Å². The fourth-order valence-electron chi connectivity index (χ4n) is 7.04. The minimum atomic E-state index is -1.55. The molecule has 6 heteroatoms. The van der Waals surface area contributed by atoms with Crippen LogP contribution >= 0.6 is 15.9 Å². The lowest BCUT2D eigenvalue weighted by Gasteiger charge is -2.40. The molecule has 0 aliphatic carbocycles. The van der Waals surface area contributed by atoms with Crippen LogP contribution in [-0.2, 0) is 25.3 Å². The van der Waals surface area contributed by atoms with E-state index in [0.717, 1.165) is 38.1 Å². The first-order valence-corrected chi connectivity index (χ1v) is 13.5. The highest BCUT2D eigenvalue weighted by Crippen LogP contribution is 2.71. The number of halogens is 1. The Labute approximate surface area is 229 Å². The first kappa shape index (κ1) is 23.4. The number of amides is 2. The van der Waals surface area contributed by atoms with Gasteiger partial charge in [0, 0.05) is 35.7 Å². The SMILES string of the molecule is CN1C(=O)[C@]2(O[C@H](c3ccc(Br)cc3)[C@@H](c3ccccc3)[C@]23C(=O)N(C)c2ccccc23)c2ccccc21. The largest absolute Gasteiger partial charge is 0.350 e. The smallest absolute Gasteiger partial charge is 0.265 e. The number of likely N-dealkylation sites (N-methyl/N-ethyl adjacent to an activating group) is 2. The Morgan fingerprint density at radius 3 is 1.89 bits per heavy atom. The maximum absolute atomic E-state index is 14.9. The van der Waals surface area contributed by atoms with E-state index in [1.807, 2.05) is 103 Å². The first-order valence-electron chi connectivity index (χ1n) is 12.7. The molecule has 0 saturated carbocycles. The second-order valence-corrected chi connectivity index (χ2v) is 11.1. The molecule has 0 bridgehead atoms. The predicted octanol–water partition coefficient (Wildman–Crippen LogP) is 6.09. The van der Waals surface area contributed by atoms with Crippen LogP contribution in [0.4, 0.5) is 11.4 Å². The van der Waals surface area contributed by atoms with Gasteiger partial charge in [0.1, 0.15) is 5.41 Å². The van der Waals surface area contributed by atoms with Crippen molar-refractivity contribution in [2.24, 2.45) is 0 Å². The van der Waals surface area contributed by atoms with Gasteiger partial charge >= 0.3 is 0 Å². The number of carbonyl (C=O) groups excluding carboxylic acids is 2. The number of anilines is 2. The van der Waals surface area contributed by atoms with Crippen molar-refractivity contribution >= 4 is 39.1 Å². The molecule has 188 valence electrons. The van der Waals surface area contributed by atoms with E-state index >= 15 is 0 Å². The third-order valence-electron chi connectivity index (χ3n) is 8.57. The number of para-hydroxylation sites is 2. The summed E-state index contributed by atoms with van der Waals surface area (Å²) in [5.74, 6) is -0.824. The average molecular weight is 565 g/mol. The highest BCUT2D eigenvalue weighted by Gasteiger charge is 2.79. The summed E-state index contributed by atoms with van der Waals surface area (Å²) < 4.78 is 8.12. The van der Waals surface area contributed by atoms with Crippen LogP contribution in [0.5, 0.6) is 0 Å². The molecule has 0 unspecified atom stereocenters. The Kier molecular flexibility index (Phi) is 5.00. The Bertz CT molecular complexity index is 1600. The lowest BCUT2D eigenvalue weighted by molar-refractivity contribution is -0.153. The van der Waals surface area contributed by atoms with Crippen LogP contribution in [0.1, 0.15) is 34.3 Å². The van der Waals surface area contributed by atoms with Crippen molar-refractivity contribution in [2.45, 2.75) is 23.0 Å². The van der Waals surface area contributed by atoms with Gasteiger partial charge in [0.05, 0.1) is 11.8 Å². The summed E-state index contributed by atoms with van der Waals surface area (Å²) in [6.07, 6.45) is -0.558. The highest BCUT2D eigenvalue weighted by molar-refractivity contribution is 9.10. The minimum absolute atomic E-state index is 0.134. The van der Waals surface area contributed by atoms with Gasteiger partial charge in [-0.05, 0) is 41.0 Å². The Balaban J connectivity index is 1.64. The van der Waals surface area contributed by atoms with Gasteiger partial charge in [-0.2, -0.15) is 0 Å². The third-order valence-corrected chi connectivity index (χ3v) is 9.10. The number of fused-ring (bicyclic) bond motifs is 5. The van der Waals surface area contributed by atoms with Crippen LogP contribution < -0.4 is 9.80 Å². The van der Waals surface area contributed by atoms with Crippen molar-refractivity contribution in [2.75, 3.05) is 23.9 Å². The van der Waals surface area contributed by atoms with Crippen LogP contribution in [0.2, 0.25) is 0 Å². The second-order valence-electron chi connectivity index (χ2n) is 10.2. The molecule has 3 heterocycles. The van der Waals surface area contributed by atoms with E-state index in [1.54, 1.807) is 23.9 Å². The maximum Gasteiger partial charge on any atom is 0.265 e. The van der Waals surface area contributed by atoms with Crippen molar-refractivity contribution in [1.29, 1.82) is 0 Å². The molecule has 7 rings (SSSR count). The number of carbonyl (C=O) groups is 2. The molecule has 2 amide bonds. The van der Waals surface area contributed by atoms with Gasteiger partial charge in [-0.3, -0.25) is 9.59 Å². The molecule has 4 atom stereocenters. The molecule has 0 radical (unpaired) electrons. The number of nitrogens with zero attached hydrogens (tertiary/aromatic N) is 2. The van der Waals surface area contributed by atoms with Crippen LogP contribution in [0, 0.1) is 0 Å². The number of hydrogen-bond acceptors (Lipinski definition) is 3. The summed E-state index contributed by atoms with van der Waals surface area (Å²) in [7, 11) is 3.57. The predicted molar refractivity (Wildman–Crippen MR) is 150 cm³/mol. The molecular weight excluding hydrogens is 540 g/mol. The van der Waals surface area contributed by atoms with Crippen molar-refractivity contribution in [3.05, 3.63) is 130 Å².